The number of benzene rings is 1. The third kappa shape index (κ3) is 3.05. The van der Waals surface area contributed by atoms with Gasteiger partial charge < -0.3 is 14.8 Å². The third-order valence-corrected chi connectivity index (χ3v) is 3.04. The van der Waals surface area contributed by atoms with Gasteiger partial charge in [0.25, 0.3) is 0 Å². The monoisotopic (exact) mass is 273 g/mol. The van der Waals surface area contributed by atoms with Crippen LogP contribution in [0.3, 0.4) is 0 Å². The lowest BCUT2D eigenvalue weighted by atomic mass is 10.0. The maximum absolute atomic E-state index is 5.45. The summed E-state index contributed by atoms with van der Waals surface area (Å²) in [5.41, 5.74) is 1.83. The second kappa shape index (κ2) is 6.86. The number of hydrogen-bond acceptors (Lipinski definition) is 5. The molecule has 2 rings (SSSR count). The van der Waals surface area contributed by atoms with Crippen molar-refractivity contribution < 1.29 is 9.47 Å². The Balaban J connectivity index is 2.48. The van der Waals surface area contributed by atoms with Gasteiger partial charge in [-0.05, 0) is 24.7 Å². The summed E-state index contributed by atoms with van der Waals surface area (Å²) in [4.78, 5) is 8.52. The SMILES string of the molecule is CCNC(c1cnccn1)c1cc(OC)ccc1OC. The second-order valence-corrected chi connectivity index (χ2v) is 4.23. The van der Waals surface area contributed by atoms with Crippen LogP contribution in [-0.2, 0) is 0 Å². The van der Waals surface area contributed by atoms with Gasteiger partial charge in [0.05, 0.1) is 32.2 Å². The number of methoxy groups -OCH3 is 2. The standard InChI is InChI=1S/C15H19N3O2/c1-4-17-15(13-10-16-7-8-18-13)12-9-11(19-2)5-6-14(12)20-3/h5-10,15,17H,4H2,1-3H3. The predicted molar refractivity (Wildman–Crippen MR) is 77.1 cm³/mol. The van der Waals surface area contributed by atoms with E-state index in [-0.39, 0.29) is 6.04 Å². The molecule has 0 aliphatic carbocycles. The van der Waals surface area contributed by atoms with Crippen LogP contribution in [-0.4, -0.2) is 30.7 Å². The van der Waals surface area contributed by atoms with Crippen LogP contribution in [0.2, 0.25) is 0 Å². The summed E-state index contributed by atoms with van der Waals surface area (Å²) < 4.78 is 10.7. The van der Waals surface area contributed by atoms with E-state index in [1.807, 2.05) is 18.2 Å². The van der Waals surface area contributed by atoms with E-state index in [0.717, 1.165) is 29.3 Å². The van der Waals surface area contributed by atoms with Crippen molar-refractivity contribution in [3.8, 4) is 11.5 Å². The Morgan fingerprint density at radius 2 is 2.05 bits per heavy atom. The number of rotatable bonds is 6. The lowest BCUT2D eigenvalue weighted by Gasteiger charge is -2.20. The van der Waals surface area contributed by atoms with E-state index in [0.29, 0.717) is 0 Å². The summed E-state index contributed by atoms with van der Waals surface area (Å²) in [6, 6.07) is 5.65. The average Bonchev–Trinajstić information content (AvgIpc) is 2.53. The molecule has 20 heavy (non-hydrogen) atoms. The van der Waals surface area contributed by atoms with Gasteiger partial charge in [-0.15, -0.1) is 0 Å². The fraction of sp³-hybridized carbons (Fsp3) is 0.333. The van der Waals surface area contributed by atoms with Gasteiger partial charge in [-0.3, -0.25) is 9.97 Å². The van der Waals surface area contributed by atoms with E-state index in [9.17, 15) is 0 Å². The minimum absolute atomic E-state index is 0.0845. The van der Waals surface area contributed by atoms with Crippen LogP contribution in [0.1, 0.15) is 24.2 Å². The maximum atomic E-state index is 5.45. The molecule has 1 aromatic carbocycles. The fourth-order valence-corrected chi connectivity index (χ4v) is 2.10. The zero-order chi connectivity index (χ0) is 14.4. The maximum Gasteiger partial charge on any atom is 0.124 e. The molecule has 0 spiro atoms. The second-order valence-electron chi connectivity index (χ2n) is 4.23. The van der Waals surface area contributed by atoms with Crippen LogP contribution in [0, 0.1) is 0 Å². The largest absolute Gasteiger partial charge is 0.497 e. The number of hydrogen-bond donors (Lipinski definition) is 1. The zero-order valence-corrected chi connectivity index (χ0v) is 12.0. The molecule has 5 heteroatoms. The minimum Gasteiger partial charge on any atom is -0.497 e. The molecule has 1 atom stereocenters. The lowest BCUT2D eigenvalue weighted by Crippen LogP contribution is -2.23. The number of nitrogens with one attached hydrogen (secondary N) is 1. The first-order valence-corrected chi connectivity index (χ1v) is 6.51. The first-order valence-electron chi connectivity index (χ1n) is 6.51. The van der Waals surface area contributed by atoms with Gasteiger partial charge in [-0.1, -0.05) is 6.92 Å². The molecule has 0 radical (unpaired) electrons. The summed E-state index contributed by atoms with van der Waals surface area (Å²) in [5.74, 6) is 1.58. The molecular weight excluding hydrogens is 254 g/mol. The number of aromatic nitrogens is 2. The van der Waals surface area contributed by atoms with E-state index in [1.54, 1.807) is 32.8 Å². The fourth-order valence-electron chi connectivity index (χ4n) is 2.10. The molecule has 5 nitrogen and oxygen atoms in total. The number of nitrogens with zero attached hydrogens (tertiary/aromatic N) is 2. The molecule has 0 bridgehead atoms. The molecule has 1 N–H and O–H groups in total. The lowest BCUT2D eigenvalue weighted by molar-refractivity contribution is 0.393. The molecule has 0 saturated carbocycles. The summed E-state index contributed by atoms with van der Waals surface area (Å²) in [7, 11) is 3.31. The van der Waals surface area contributed by atoms with E-state index >= 15 is 0 Å². The summed E-state index contributed by atoms with van der Waals surface area (Å²) in [6.45, 7) is 2.86. The smallest absolute Gasteiger partial charge is 0.124 e. The van der Waals surface area contributed by atoms with Crippen LogP contribution >= 0.6 is 0 Å². The zero-order valence-electron chi connectivity index (χ0n) is 12.0. The van der Waals surface area contributed by atoms with Crippen LogP contribution in [0.25, 0.3) is 0 Å². The molecule has 0 fully saturated rings. The summed E-state index contributed by atoms with van der Waals surface area (Å²) in [6.07, 6.45) is 5.11. The normalized spacial score (nSPS) is 11.9. The molecule has 1 heterocycles. The van der Waals surface area contributed by atoms with Gasteiger partial charge in [0.1, 0.15) is 11.5 Å². The van der Waals surface area contributed by atoms with Gasteiger partial charge in [-0.25, -0.2) is 0 Å². The highest BCUT2D eigenvalue weighted by atomic mass is 16.5. The Morgan fingerprint density at radius 3 is 2.65 bits per heavy atom. The third-order valence-electron chi connectivity index (χ3n) is 3.04. The van der Waals surface area contributed by atoms with Gasteiger partial charge in [0.15, 0.2) is 0 Å². The Morgan fingerprint density at radius 1 is 1.20 bits per heavy atom. The molecule has 0 aliphatic heterocycles. The molecular formula is C15H19N3O2. The van der Waals surface area contributed by atoms with Crippen molar-refractivity contribution in [2.45, 2.75) is 13.0 Å². The van der Waals surface area contributed by atoms with Gasteiger partial charge >= 0.3 is 0 Å². The molecule has 0 saturated heterocycles. The van der Waals surface area contributed by atoms with Crippen molar-refractivity contribution in [3.63, 3.8) is 0 Å². The average molecular weight is 273 g/mol. The van der Waals surface area contributed by atoms with Crippen LogP contribution in [0.4, 0.5) is 0 Å². The first-order chi connectivity index (χ1) is 9.80. The van der Waals surface area contributed by atoms with Crippen LogP contribution in [0.15, 0.2) is 36.8 Å². The van der Waals surface area contributed by atoms with E-state index in [4.69, 9.17) is 9.47 Å². The highest BCUT2D eigenvalue weighted by molar-refractivity contribution is 5.44. The Labute approximate surface area is 119 Å². The van der Waals surface area contributed by atoms with Gasteiger partial charge in [0.2, 0.25) is 0 Å². The van der Waals surface area contributed by atoms with Gasteiger partial charge in [-0.2, -0.15) is 0 Å². The molecule has 1 unspecified atom stereocenters. The molecule has 1 aromatic heterocycles. The van der Waals surface area contributed by atoms with Crippen molar-refractivity contribution in [2.75, 3.05) is 20.8 Å². The first kappa shape index (κ1) is 14.3. The highest BCUT2D eigenvalue weighted by Gasteiger charge is 2.19. The quantitative estimate of drug-likeness (QED) is 0.874. The Bertz CT molecular complexity index is 546. The van der Waals surface area contributed by atoms with E-state index < -0.39 is 0 Å². The Kier molecular flexibility index (Phi) is 4.90. The summed E-state index contributed by atoms with van der Waals surface area (Å²) >= 11 is 0. The Hall–Kier alpha value is -2.14. The van der Waals surface area contributed by atoms with Crippen molar-refractivity contribution >= 4 is 0 Å². The van der Waals surface area contributed by atoms with Crippen molar-refractivity contribution in [2.24, 2.45) is 0 Å². The number of ether oxygens (including phenoxy) is 2. The molecule has 2 aromatic rings. The molecule has 106 valence electrons. The van der Waals surface area contributed by atoms with E-state index in [1.165, 1.54) is 0 Å². The van der Waals surface area contributed by atoms with E-state index in [2.05, 4.69) is 22.2 Å². The van der Waals surface area contributed by atoms with Gasteiger partial charge in [0, 0.05) is 18.0 Å². The van der Waals surface area contributed by atoms with Crippen LogP contribution in [0.5, 0.6) is 11.5 Å². The topological polar surface area (TPSA) is 56.3 Å². The predicted octanol–water partition coefficient (Wildman–Crippen LogP) is 2.19. The van der Waals surface area contributed by atoms with Crippen molar-refractivity contribution in [1.29, 1.82) is 0 Å². The summed E-state index contributed by atoms with van der Waals surface area (Å²) in [5, 5.41) is 3.40. The van der Waals surface area contributed by atoms with Crippen molar-refractivity contribution in [3.05, 3.63) is 48.0 Å². The van der Waals surface area contributed by atoms with Crippen molar-refractivity contribution in [1.82, 2.24) is 15.3 Å². The minimum atomic E-state index is -0.0845. The van der Waals surface area contributed by atoms with Crippen LogP contribution < -0.4 is 14.8 Å². The molecule has 0 aliphatic rings. The molecule has 0 amide bonds. The highest BCUT2D eigenvalue weighted by Crippen LogP contribution is 2.32.